The molecular formula is C17H18N4O2. The van der Waals surface area contributed by atoms with E-state index in [9.17, 15) is 4.79 Å². The Balaban J connectivity index is 1.84. The van der Waals surface area contributed by atoms with Crippen molar-refractivity contribution in [3.8, 4) is 5.75 Å². The van der Waals surface area contributed by atoms with Crippen molar-refractivity contribution >= 4 is 11.7 Å². The summed E-state index contributed by atoms with van der Waals surface area (Å²) in [6, 6.07) is 7.62. The Morgan fingerprint density at radius 1 is 1.30 bits per heavy atom. The lowest BCUT2D eigenvalue weighted by Crippen LogP contribution is -2.40. The van der Waals surface area contributed by atoms with Crippen LogP contribution in [-0.2, 0) is 4.79 Å². The summed E-state index contributed by atoms with van der Waals surface area (Å²) in [4.78, 5) is 17.0. The van der Waals surface area contributed by atoms with Crippen LogP contribution in [0.3, 0.4) is 0 Å². The maximum atomic E-state index is 12.7. The predicted octanol–water partition coefficient (Wildman–Crippen LogP) is 2.41. The minimum Gasteiger partial charge on any atom is -0.497 e. The molecule has 6 heteroatoms. The number of nitrogens with zero attached hydrogens (tertiary/aromatic N) is 3. The summed E-state index contributed by atoms with van der Waals surface area (Å²) in [6.45, 7) is 2.06. The number of ketones is 1. The number of carbonyl (C=O) groups is 1. The number of nitrogens with one attached hydrogen (secondary N) is 1. The molecule has 1 aromatic carbocycles. The first-order valence-electron chi connectivity index (χ1n) is 7.72. The van der Waals surface area contributed by atoms with Gasteiger partial charge < -0.3 is 10.1 Å². The molecular weight excluding hydrogens is 292 g/mol. The highest BCUT2D eigenvalue weighted by Crippen LogP contribution is 2.42. The van der Waals surface area contributed by atoms with Gasteiger partial charge in [-0.15, -0.1) is 0 Å². The highest BCUT2D eigenvalue weighted by molar-refractivity contribution is 5.87. The van der Waals surface area contributed by atoms with Gasteiger partial charge in [-0.3, -0.25) is 4.79 Å². The van der Waals surface area contributed by atoms with E-state index in [4.69, 9.17) is 4.74 Å². The fraction of sp³-hybridized carbons (Fsp3) is 0.353. The molecule has 2 heterocycles. The van der Waals surface area contributed by atoms with Crippen molar-refractivity contribution in [2.45, 2.75) is 19.4 Å². The molecule has 3 atom stereocenters. The molecule has 0 fully saturated rings. The predicted molar refractivity (Wildman–Crippen MR) is 85.1 cm³/mol. The highest BCUT2D eigenvalue weighted by atomic mass is 16.5. The molecule has 1 aliphatic carbocycles. The van der Waals surface area contributed by atoms with Gasteiger partial charge in [-0.05, 0) is 23.6 Å². The summed E-state index contributed by atoms with van der Waals surface area (Å²) < 4.78 is 7.03. The third kappa shape index (κ3) is 2.21. The topological polar surface area (TPSA) is 69.0 Å². The first-order chi connectivity index (χ1) is 11.2. The number of hydrogen-bond donors (Lipinski definition) is 1. The van der Waals surface area contributed by atoms with Crippen LogP contribution in [0.1, 0.15) is 24.9 Å². The molecule has 1 N–H and O–H groups in total. The quantitative estimate of drug-likeness (QED) is 0.922. The monoisotopic (exact) mass is 310 g/mol. The number of carbonyl (C=O) groups excluding carboxylic acids is 1. The number of anilines is 1. The summed E-state index contributed by atoms with van der Waals surface area (Å²) in [5, 5.41) is 7.60. The summed E-state index contributed by atoms with van der Waals surface area (Å²) in [5.74, 6) is 1.71. The molecule has 0 saturated heterocycles. The average molecular weight is 310 g/mol. The zero-order valence-corrected chi connectivity index (χ0v) is 13.1. The highest BCUT2D eigenvalue weighted by Gasteiger charge is 2.42. The van der Waals surface area contributed by atoms with Gasteiger partial charge in [0.05, 0.1) is 19.1 Å². The zero-order valence-electron chi connectivity index (χ0n) is 13.1. The van der Waals surface area contributed by atoms with E-state index in [-0.39, 0.29) is 23.7 Å². The second-order valence-corrected chi connectivity index (χ2v) is 6.12. The van der Waals surface area contributed by atoms with Crippen LogP contribution < -0.4 is 10.1 Å². The first-order valence-corrected chi connectivity index (χ1v) is 7.72. The number of Topliss-reactive ketones (excluding diaryl/α,β-unsaturated/α-hetero) is 1. The minimum atomic E-state index is -0.242. The van der Waals surface area contributed by atoms with Crippen molar-refractivity contribution in [1.82, 2.24) is 14.8 Å². The maximum Gasteiger partial charge on any atom is 0.226 e. The molecule has 0 radical (unpaired) electrons. The van der Waals surface area contributed by atoms with Crippen LogP contribution >= 0.6 is 0 Å². The fourth-order valence-electron chi connectivity index (χ4n) is 3.50. The second kappa shape index (κ2) is 5.22. The van der Waals surface area contributed by atoms with Crippen LogP contribution in [0.4, 0.5) is 5.95 Å². The molecule has 0 amide bonds. The Labute approximate surface area is 134 Å². The largest absolute Gasteiger partial charge is 0.497 e. The number of rotatable bonds is 2. The molecule has 0 unspecified atom stereocenters. The molecule has 0 spiro atoms. The van der Waals surface area contributed by atoms with Crippen molar-refractivity contribution in [3.63, 3.8) is 0 Å². The summed E-state index contributed by atoms with van der Waals surface area (Å²) in [7, 11) is 1.64. The Morgan fingerprint density at radius 2 is 2.09 bits per heavy atom. The Morgan fingerprint density at radius 3 is 2.83 bits per heavy atom. The van der Waals surface area contributed by atoms with E-state index >= 15 is 0 Å². The Hall–Kier alpha value is -2.63. The van der Waals surface area contributed by atoms with Gasteiger partial charge in [0.25, 0.3) is 0 Å². The summed E-state index contributed by atoms with van der Waals surface area (Å²) >= 11 is 0. The molecule has 2 aliphatic rings. The lowest BCUT2D eigenvalue weighted by molar-refractivity contribution is -0.123. The van der Waals surface area contributed by atoms with Crippen molar-refractivity contribution in [3.05, 3.63) is 47.9 Å². The van der Waals surface area contributed by atoms with Crippen LogP contribution in [0.2, 0.25) is 0 Å². The summed E-state index contributed by atoms with van der Waals surface area (Å²) in [6.07, 6.45) is 4.22. The number of allylic oxidation sites excluding steroid dienone is 2. The lowest BCUT2D eigenvalue weighted by Gasteiger charge is -2.37. The van der Waals surface area contributed by atoms with Crippen LogP contribution in [0, 0.1) is 11.8 Å². The molecule has 1 aliphatic heterocycles. The molecule has 118 valence electrons. The molecule has 4 rings (SSSR count). The lowest BCUT2D eigenvalue weighted by atomic mass is 9.78. The standard InChI is InChI=1S/C17H18N4O2/c1-10-7-13-15(14(22)8-10)16(21-17(20-13)18-9-19-21)11-3-5-12(23-2)6-4-11/h3-7,9-10,15-16H,8H2,1-2H3,(H,18,19,20)/t10-,15+,16+/m1/s1. The van der Waals surface area contributed by atoms with Gasteiger partial charge >= 0.3 is 0 Å². The molecule has 0 bridgehead atoms. The van der Waals surface area contributed by atoms with Crippen molar-refractivity contribution in [1.29, 1.82) is 0 Å². The fourth-order valence-corrected chi connectivity index (χ4v) is 3.50. The van der Waals surface area contributed by atoms with Crippen LogP contribution in [-0.4, -0.2) is 27.7 Å². The number of benzene rings is 1. The third-order valence-corrected chi connectivity index (χ3v) is 4.53. The van der Waals surface area contributed by atoms with Crippen molar-refractivity contribution in [2.24, 2.45) is 11.8 Å². The van der Waals surface area contributed by atoms with Crippen molar-refractivity contribution in [2.75, 3.05) is 12.4 Å². The van der Waals surface area contributed by atoms with E-state index in [2.05, 4.69) is 28.4 Å². The number of methoxy groups -OCH3 is 1. The number of ether oxygens (including phenoxy) is 1. The SMILES string of the molecule is COc1ccc([C@H]2[C@@H]3C(=O)C[C@H](C)C=C3Nc3ncnn32)cc1. The molecule has 1 aromatic heterocycles. The average Bonchev–Trinajstić information content (AvgIpc) is 3.00. The van der Waals surface area contributed by atoms with E-state index in [1.807, 2.05) is 24.3 Å². The van der Waals surface area contributed by atoms with Crippen molar-refractivity contribution < 1.29 is 9.53 Å². The molecule has 23 heavy (non-hydrogen) atoms. The number of fused-ring (bicyclic) bond motifs is 2. The van der Waals surface area contributed by atoms with Gasteiger partial charge in [0.15, 0.2) is 0 Å². The van der Waals surface area contributed by atoms with Crippen LogP contribution in [0.25, 0.3) is 0 Å². The normalized spacial score (nSPS) is 25.9. The van der Waals surface area contributed by atoms with Crippen LogP contribution in [0.5, 0.6) is 5.75 Å². The zero-order chi connectivity index (χ0) is 16.0. The van der Waals surface area contributed by atoms with E-state index < -0.39 is 0 Å². The molecule has 6 nitrogen and oxygen atoms in total. The molecule has 0 saturated carbocycles. The third-order valence-electron chi connectivity index (χ3n) is 4.53. The summed E-state index contributed by atoms with van der Waals surface area (Å²) in [5.41, 5.74) is 1.97. The Bertz CT molecular complexity index is 778. The van der Waals surface area contributed by atoms with E-state index in [0.717, 1.165) is 17.0 Å². The smallest absolute Gasteiger partial charge is 0.226 e. The van der Waals surface area contributed by atoms with Crippen LogP contribution in [0.15, 0.2) is 42.4 Å². The van der Waals surface area contributed by atoms with Gasteiger partial charge in [-0.25, -0.2) is 4.68 Å². The van der Waals surface area contributed by atoms with Gasteiger partial charge in [0, 0.05) is 12.1 Å². The molecule has 2 aromatic rings. The minimum absolute atomic E-state index is 0.175. The Kier molecular flexibility index (Phi) is 3.18. The van der Waals surface area contributed by atoms with Gasteiger partial charge in [-0.1, -0.05) is 25.1 Å². The van der Waals surface area contributed by atoms with Gasteiger partial charge in [0.2, 0.25) is 5.95 Å². The second-order valence-electron chi connectivity index (χ2n) is 6.12. The maximum absolute atomic E-state index is 12.7. The van der Waals surface area contributed by atoms with E-state index in [1.165, 1.54) is 6.33 Å². The van der Waals surface area contributed by atoms with Gasteiger partial charge in [0.1, 0.15) is 17.9 Å². The first kappa shape index (κ1) is 14.0. The van der Waals surface area contributed by atoms with Gasteiger partial charge in [-0.2, -0.15) is 10.1 Å². The van der Waals surface area contributed by atoms with E-state index in [0.29, 0.717) is 12.4 Å². The van der Waals surface area contributed by atoms with E-state index in [1.54, 1.807) is 11.8 Å². The number of hydrogen-bond acceptors (Lipinski definition) is 5. The number of aromatic nitrogens is 3.